The topological polar surface area (TPSA) is 93.7 Å². The van der Waals surface area contributed by atoms with E-state index >= 15 is 0 Å². The Labute approximate surface area is 180 Å². The molecule has 0 saturated carbocycles. The normalized spacial score (nSPS) is 15.3. The van der Waals surface area contributed by atoms with Crippen molar-refractivity contribution in [2.45, 2.75) is 20.3 Å². The van der Waals surface area contributed by atoms with Gasteiger partial charge in [0.05, 0.1) is 17.6 Å². The molecule has 1 aliphatic heterocycles. The number of nitrogens with one attached hydrogen (secondary N) is 2. The van der Waals surface area contributed by atoms with Crippen LogP contribution < -0.4 is 15.8 Å². The van der Waals surface area contributed by atoms with Crippen LogP contribution in [0.2, 0.25) is 0 Å². The Kier molecular flexibility index (Phi) is 7.17. The number of hydrogen-bond acceptors (Lipinski definition) is 7. The largest absolute Gasteiger partial charge is 0.354 e. The Morgan fingerprint density at radius 3 is 2.77 bits per heavy atom. The molecule has 3 heterocycles. The first kappa shape index (κ1) is 21.9. The fourth-order valence-electron chi connectivity index (χ4n) is 3.46. The molecule has 0 aliphatic carbocycles. The van der Waals surface area contributed by atoms with E-state index in [2.05, 4.69) is 43.7 Å². The Morgan fingerprint density at radius 1 is 1.40 bits per heavy atom. The molecular weight excluding hydrogens is 400 g/mol. The number of amides is 1. The fraction of sp³-hybridized carbons (Fsp3) is 0.429. The minimum Gasteiger partial charge on any atom is -0.354 e. The lowest BCUT2D eigenvalue weighted by Gasteiger charge is -2.34. The predicted octanol–water partition coefficient (Wildman–Crippen LogP) is 2.31. The molecule has 0 bridgehead atoms. The van der Waals surface area contributed by atoms with Crippen LogP contribution in [0, 0.1) is 0 Å². The number of aromatic amines is 1. The van der Waals surface area contributed by atoms with Gasteiger partial charge in [0.25, 0.3) is 11.5 Å². The molecule has 1 aliphatic rings. The minimum atomic E-state index is -0.100. The van der Waals surface area contributed by atoms with Gasteiger partial charge in [-0.05, 0) is 32.2 Å². The van der Waals surface area contributed by atoms with Crippen molar-refractivity contribution in [1.82, 2.24) is 20.2 Å². The van der Waals surface area contributed by atoms with Crippen LogP contribution in [0.5, 0.6) is 0 Å². The molecule has 2 aromatic heterocycles. The lowest BCUT2D eigenvalue weighted by atomic mass is 10.1. The quantitative estimate of drug-likeness (QED) is 0.660. The second-order valence-electron chi connectivity index (χ2n) is 7.27. The molecule has 8 nitrogen and oxygen atoms in total. The van der Waals surface area contributed by atoms with Gasteiger partial charge in [-0.2, -0.15) is 0 Å². The number of aromatic nitrogens is 2. The van der Waals surface area contributed by atoms with Crippen LogP contribution in [-0.2, 0) is 6.42 Å². The zero-order valence-corrected chi connectivity index (χ0v) is 18.5. The average molecular weight is 429 g/mol. The molecule has 1 fully saturated rings. The Morgan fingerprint density at radius 2 is 2.13 bits per heavy atom. The predicted molar refractivity (Wildman–Crippen MR) is 123 cm³/mol. The van der Waals surface area contributed by atoms with E-state index < -0.39 is 0 Å². The number of carbonyl (C=O) groups excluding carboxylic acids is 1. The fourth-order valence-corrected chi connectivity index (χ4v) is 4.37. The molecule has 1 saturated heterocycles. The first-order valence-electron chi connectivity index (χ1n) is 10.0. The van der Waals surface area contributed by atoms with E-state index in [1.54, 1.807) is 13.2 Å². The van der Waals surface area contributed by atoms with Crippen molar-refractivity contribution in [3.63, 3.8) is 0 Å². The maximum atomic E-state index is 12.2. The number of piperazine rings is 1. The highest BCUT2D eigenvalue weighted by Gasteiger charge is 2.20. The lowest BCUT2D eigenvalue weighted by Crippen LogP contribution is -2.46. The Hall–Kier alpha value is -2.78. The van der Waals surface area contributed by atoms with Crippen molar-refractivity contribution in [3.8, 4) is 0 Å². The number of H-pyrrole nitrogens is 1. The van der Waals surface area contributed by atoms with Crippen LogP contribution in [0.3, 0.4) is 0 Å². The molecular formula is C21H28N6O2S. The van der Waals surface area contributed by atoms with Crippen molar-refractivity contribution in [2.75, 3.05) is 44.7 Å². The van der Waals surface area contributed by atoms with E-state index in [4.69, 9.17) is 0 Å². The summed E-state index contributed by atoms with van der Waals surface area (Å²) in [6.07, 6.45) is 4.27. The first-order chi connectivity index (χ1) is 14.4. The SMILES string of the molecule is C=Nc1cc(CC)c(=O)[nH]c1/C=C(\C)CN1CCN(c2ncc(C(=O)NC)s2)CC1. The van der Waals surface area contributed by atoms with Crippen LogP contribution in [0.4, 0.5) is 10.8 Å². The van der Waals surface area contributed by atoms with Crippen LogP contribution in [0.1, 0.15) is 34.8 Å². The van der Waals surface area contributed by atoms with Gasteiger partial charge in [-0.25, -0.2) is 4.98 Å². The number of anilines is 1. The highest BCUT2D eigenvalue weighted by Crippen LogP contribution is 2.24. The third kappa shape index (κ3) is 5.03. The van der Waals surface area contributed by atoms with Crippen molar-refractivity contribution >= 4 is 40.9 Å². The van der Waals surface area contributed by atoms with Gasteiger partial charge in [-0.1, -0.05) is 23.8 Å². The molecule has 160 valence electrons. The number of aliphatic imine (C=N–C) groups is 1. The third-order valence-corrected chi connectivity index (χ3v) is 6.19. The van der Waals surface area contributed by atoms with Gasteiger partial charge in [-0.15, -0.1) is 0 Å². The summed E-state index contributed by atoms with van der Waals surface area (Å²) >= 11 is 1.42. The summed E-state index contributed by atoms with van der Waals surface area (Å²) in [5.41, 5.74) is 3.19. The second-order valence-corrected chi connectivity index (χ2v) is 8.28. The number of nitrogens with zero attached hydrogens (tertiary/aromatic N) is 4. The Bertz CT molecular complexity index is 1000. The standard InChI is InChI=1S/C21H28N6O2S/c1-5-15-11-16(22-3)17(25-19(15)28)10-14(2)13-26-6-8-27(9-7-26)21-24-12-18(30-21)20(29)23-4/h10-12H,3,5-9,13H2,1-2,4H3,(H,23,29)(H,25,28)/b14-10+. The highest BCUT2D eigenvalue weighted by atomic mass is 32.1. The average Bonchev–Trinajstić information content (AvgIpc) is 3.24. The molecule has 30 heavy (non-hydrogen) atoms. The summed E-state index contributed by atoms with van der Waals surface area (Å²) in [6.45, 7) is 12.0. The van der Waals surface area contributed by atoms with E-state index in [0.29, 0.717) is 28.2 Å². The van der Waals surface area contributed by atoms with Crippen molar-refractivity contribution in [1.29, 1.82) is 0 Å². The summed E-state index contributed by atoms with van der Waals surface area (Å²) in [7, 11) is 1.62. The summed E-state index contributed by atoms with van der Waals surface area (Å²) < 4.78 is 0. The molecule has 0 radical (unpaired) electrons. The number of rotatable bonds is 7. The van der Waals surface area contributed by atoms with Crippen molar-refractivity contribution < 1.29 is 4.79 Å². The number of hydrogen-bond donors (Lipinski definition) is 2. The molecule has 2 aromatic rings. The number of thiazole rings is 1. The van der Waals surface area contributed by atoms with Crippen LogP contribution in [-0.4, -0.2) is 67.3 Å². The zero-order valence-electron chi connectivity index (χ0n) is 17.7. The van der Waals surface area contributed by atoms with Crippen LogP contribution in [0.25, 0.3) is 6.08 Å². The summed E-state index contributed by atoms with van der Waals surface area (Å²) in [4.78, 5) is 40.5. The van der Waals surface area contributed by atoms with E-state index in [-0.39, 0.29) is 11.5 Å². The third-order valence-electron chi connectivity index (χ3n) is 5.13. The zero-order chi connectivity index (χ0) is 21.7. The minimum absolute atomic E-state index is 0.0721. The molecule has 3 rings (SSSR count). The van der Waals surface area contributed by atoms with Gasteiger partial charge in [0.2, 0.25) is 0 Å². The maximum Gasteiger partial charge on any atom is 0.262 e. The van der Waals surface area contributed by atoms with Gasteiger partial charge < -0.3 is 15.2 Å². The van der Waals surface area contributed by atoms with E-state index in [9.17, 15) is 9.59 Å². The first-order valence-corrected chi connectivity index (χ1v) is 10.8. The highest BCUT2D eigenvalue weighted by molar-refractivity contribution is 7.17. The van der Waals surface area contributed by atoms with Crippen LogP contribution in [0.15, 0.2) is 27.6 Å². The van der Waals surface area contributed by atoms with Crippen molar-refractivity contribution in [2.24, 2.45) is 4.99 Å². The van der Waals surface area contributed by atoms with Gasteiger partial charge in [-0.3, -0.25) is 19.5 Å². The second kappa shape index (κ2) is 9.82. The van der Waals surface area contributed by atoms with E-state index in [0.717, 1.165) is 43.4 Å². The van der Waals surface area contributed by atoms with Gasteiger partial charge in [0.15, 0.2) is 5.13 Å². The summed E-state index contributed by atoms with van der Waals surface area (Å²) in [5, 5.41) is 3.51. The van der Waals surface area contributed by atoms with E-state index in [1.165, 1.54) is 11.3 Å². The monoisotopic (exact) mass is 428 g/mol. The van der Waals surface area contributed by atoms with Gasteiger partial charge in [0.1, 0.15) is 4.88 Å². The maximum absolute atomic E-state index is 12.2. The smallest absolute Gasteiger partial charge is 0.262 e. The molecule has 9 heteroatoms. The van der Waals surface area contributed by atoms with Gasteiger partial charge >= 0.3 is 0 Å². The lowest BCUT2D eigenvalue weighted by molar-refractivity contribution is 0.0967. The summed E-state index contributed by atoms with van der Waals surface area (Å²) in [6, 6.07) is 1.81. The Balaban J connectivity index is 1.61. The molecule has 0 aromatic carbocycles. The molecule has 1 amide bonds. The van der Waals surface area contributed by atoms with E-state index in [1.807, 2.05) is 19.1 Å². The molecule has 0 spiro atoms. The number of carbonyl (C=O) groups is 1. The number of aryl methyl sites for hydroxylation is 1. The molecule has 2 N–H and O–H groups in total. The number of pyridine rings is 1. The van der Waals surface area contributed by atoms with Gasteiger partial charge in [0, 0.05) is 45.3 Å². The summed E-state index contributed by atoms with van der Waals surface area (Å²) in [5.74, 6) is -0.100. The van der Waals surface area contributed by atoms with Crippen molar-refractivity contribution in [3.05, 3.63) is 44.3 Å². The molecule has 0 atom stereocenters. The van der Waals surface area contributed by atoms with Crippen LogP contribution >= 0.6 is 11.3 Å². The molecule has 0 unspecified atom stereocenters.